The maximum absolute atomic E-state index is 12.6. The number of amides is 3. The number of hydrogen-bond donors (Lipinski definition) is 2. The van der Waals surface area contributed by atoms with Gasteiger partial charge in [-0.3, -0.25) is 24.5 Å². The summed E-state index contributed by atoms with van der Waals surface area (Å²) in [6.45, 7) is 9.17. The summed E-state index contributed by atoms with van der Waals surface area (Å²) < 4.78 is 11.2. The predicted molar refractivity (Wildman–Crippen MR) is 135 cm³/mol. The molecule has 1 aromatic rings. The SMILES string of the molecule is CC(C)(C)[Si](C)(C)OC[C@H]1C(=O)N[C@@H]1SC(=O)CN(C(=O)CN)C(=O)OCc1ccc([N+](=O)[O-])cc1. The molecule has 2 rings (SSSR count). The van der Waals surface area contributed by atoms with Gasteiger partial charge in [-0.05, 0) is 35.8 Å². The number of nitrogens with zero attached hydrogens (tertiary/aromatic N) is 2. The highest BCUT2D eigenvalue weighted by atomic mass is 32.2. The Hall–Kier alpha value is -2.81. The molecule has 0 aromatic heterocycles. The van der Waals surface area contributed by atoms with Crippen LogP contribution >= 0.6 is 11.8 Å². The van der Waals surface area contributed by atoms with Crippen LogP contribution in [0.2, 0.25) is 18.1 Å². The van der Waals surface area contributed by atoms with Gasteiger partial charge in [-0.2, -0.15) is 0 Å². The van der Waals surface area contributed by atoms with Crippen LogP contribution in [0.5, 0.6) is 0 Å². The lowest BCUT2D eigenvalue weighted by Gasteiger charge is -2.41. The van der Waals surface area contributed by atoms with Crippen LogP contribution in [0.4, 0.5) is 10.5 Å². The van der Waals surface area contributed by atoms with E-state index < -0.39 is 54.7 Å². The van der Waals surface area contributed by atoms with Gasteiger partial charge in [-0.15, -0.1) is 0 Å². The number of benzene rings is 1. The number of nitro groups is 1. The lowest BCUT2D eigenvalue weighted by atomic mass is 10.0. The molecule has 1 fully saturated rings. The van der Waals surface area contributed by atoms with Crippen molar-refractivity contribution in [2.45, 2.75) is 50.9 Å². The number of rotatable bonds is 10. The molecule has 1 aliphatic heterocycles. The standard InChI is InChI=1S/C22H32N4O8SSi/c1-22(2,3)36(4,5)34-13-16-19(29)24-20(16)35-18(28)11-25(17(27)10-23)21(30)33-12-14-6-8-15(9-7-14)26(31)32/h6-9,16,20H,10-13,23H2,1-5H3,(H,24,29)/t16-,20+/m0/s1. The smallest absolute Gasteiger partial charge is 0.417 e. The lowest BCUT2D eigenvalue weighted by molar-refractivity contribution is -0.384. The van der Waals surface area contributed by atoms with E-state index >= 15 is 0 Å². The number of hydrogen-bond acceptors (Lipinski definition) is 10. The minimum atomic E-state index is -2.09. The molecule has 0 saturated carbocycles. The molecule has 14 heteroatoms. The monoisotopic (exact) mass is 540 g/mol. The van der Waals surface area contributed by atoms with E-state index in [0.717, 1.165) is 11.8 Å². The zero-order chi connectivity index (χ0) is 27.3. The van der Waals surface area contributed by atoms with Crippen molar-refractivity contribution in [3.05, 3.63) is 39.9 Å². The number of nitrogens with two attached hydrogens (primary N) is 1. The molecule has 36 heavy (non-hydrogen) atoms. The first-order valence-corrected chi connectivity index (χ1v) is 15.0. The van der Waals surface area contributed by atoms with Gasteiger partial charge < -0.3 is 20.2 Å². The Morgan fingerprint density at radius 3 is 2.33 bits per heavy atom. The van der Waals surface area contributed by atoms with Crippen LogP contribution in [0.15, 0.2) is 24.3 Å². The highest BCUT2D eigenvalue weighted by Gasteiger charge is 2.45. The van der Waals surface area contributed by atoms with Crippen LogP contribution in [-0.4, -0.2) is 66.2 Å². The number of nitrogens with one attached hydrogen (secondary N) is 1. The molecule has 12 nitrogen and oxygen atoms in total. The van der Waals surface area contributed by atoms with Crippen LogP contribution in [0.1, 0.15) is 26.3 Å². The first-order chi connectivity index (χ1) is 16.7. The van der Waals surface area contributed by atoms with Crippen LogP contribution in [0, 0.1) is 16.0 Å². The Labute approximate surface area is 214 Å². The summed E-state index contributed by atoms with van der Waals surface area (Å²) in [6.07, 6.45) is -1.08. The summed E-state index contributed by atoms with van der Waals surface area (Å²) in [5, 5.41) is 12.3. The van der Waals surface area contributed by atoms with Crippen molar-refractivity contribution in [2.24, 2.45) is 11.7 Å². The van der Waals surface area contributed by atoms with Crippen molar-refractivity contribution in [1.29, 1.82) is 0 Å². The molecule has 0 radical (unpaired) electrons. The van der Waals surface area contributed by atoms with Crippen molar-refractivity contribution in [3.63, 3.8) is 0 Å². The summed E-state index contributed by atoms with van der Waals surface area (Å²) in [7, 11) is -2.09. The van der Waals surface area contributed by atoms with Gasteiger partial charge in [0, 0.05) is 18.7 Å². The third-order valence-corrected chi connectivity index (χ3v) is 11.8. The summed E-state index contributed by atoms with van der Waals surface area (Å²) in [6, 6.07) is 5.33. The average Bonchev–Trinajstić information content (AvgIpc) is 2.79. The second kappa shape index (κ2) is 11.9. The van der Waals surface area contributed by atoms with E-state index in [-0.39, 0.29) is 29.8 Å². The molecule has 0 bridgehead atoms. The van der Waals surface area contributed by atoms with E-state index in [1.165, 1.54) is 24.3 Å². The van der Waals surface area contributed by atoms with Crippen molar-refractivity contribution >= 4 is 48.8 Å². The van der Waals surface area contributed by atoms with Gasteiger partial charge in [-0.1, -0.05) is 32.5 Å². The second-order valence-electron chi connectivity index (χ2n) is 9.76. The van der Waals surface area contributed by atoms with Gasteiger partial charge in [0.1, 0.15) is 13.2 Å². The number of carbonyl (C=O) groups excluding carboxylic acids is 4. The van der Waals surface area contributed by atoms with E-state index in [2.05, 4.69) is 39.2 Å². The molecule has 198 valence electrons. The van der Waals surface area contributed by atoms with Gasteiger partial charge in [0.2, 0.25) is 16.9 Å². The first-order valence-electron chi connectivity index (χ1n) is 11.2. The van der Waals surface area contributed by atoms with Crippen LogP contribution in [-0.2, 0) is 30.2 Å². The normalized spacial score (nSPS) is 17.6. The maximum Gasteiger partial charge on any atom is 0.417 e. The van der Waals surface area contributed by atoms with Gasteiger partial charge in [-0.25, -0.2) is 9.69 Å². The molecule has 2 atom stereocenters. The fourth-order valence-electron chi connectivity index (χ4n) is 2.79. The van der Waals surface area contributed by atoms with Crippen molar-refractivity contribution in [2.75, 3.05) is 19.7 Å². The third-order valence-electron chi connectivity index (χ3n) is 6.17. The molecule has 1 heterocycles. The van der Waals surface area contributed by atoms with Crippen LogP contribution in [0.25, 0.3) is 0 Å². The topological polar surface area (TPSA) is 171 Å². The average molecular weight is 541 g/mol. The Morgan fingerprint density at radius 1 is 1.22 bits per heavy atom. The molecule has 1 aliphatic rings. The van der Waals surface area contributed by atoms with E-state index in [1.807, 2.05) is 0 Å². The first kappa shape index (κ1) is 29.4. The molecule has 1 aromatic carbocycles. The van der Waals surface area contributed by atoms with E-state index in [9.17, 15) is 29.3 Å². The largest absolute Gasteiger partial charge is 0.444 e. The Bertz CT molecular complexity index is 1010. The number of carbonyl (C=O) groups is 4. The third kappa shape index (κ3) is 7.59. The van der Waals surface area contributed by atoms with Gasteiger partial charge in [0.25, 0.3) is 5.69 Å². The molecule has 0 aliphatic carbocycles. The Kier molecular flexibility index (Phi) is 9.76. The Morgan fingerprint density at radius 2 is 1.83 bits per heavy atom. The Balaban J connectivity index is 1.94. The molecule has 3 amide bonds. The molecule has 0 unspecified atom stereocenters. The summed E-state index contributed by atoms with van der Waals surface area (Å²) >= 11 is 0.807. The quantitative estimate of drug-likeness (QED) is 0.194. The summed E-state index contributed by atoms with van der Waals surface area (Å²) in [5.74, 6) is -1.56. The number of imide groups is 1. The number of ether oxygens (including phenoxy) is 1. The fraction of sp³-hybridized carbons (Fsp3) is 0.545. The van der Waals surface area contributed by atoms with Crippen molar-refractivity contribution in [1.82, 2.24) is 10.2 Å². The second-order valence-corrected chi connectivity index (χ2v) is 15.8. The maximum atomic E-state index is 12.6. The number of nitro benzene ring substituents is 1. The fourth-order valence-corrected chi connectivity index (χ4v) is 4.85. The van der Waals surface area contributed by atoms with E-state index in [1.54, 1.807) is 0 Å². The highest BCUT2D eigenvalue weighted by molar-refractivity contribution is 8.14. The molecule has 1 saturated heterocycles. The molecule has 3 N–H and O–H groups in total. The minimum Gasteiger partial charge on any atom is -0.444 e. The minimum absolute atomic E-state index is 0.0381. The van der Waals surface area contributed by atoms with Crippen molar-refractivity contribution in [3.8, 4) is 0 Å². The van der Waals surface area contributed by atoms with Crippen molar-refractivity contribution < 1.29 is 33.3 Å². The molecule has 0 spiro atoms. The van der Waals surface area contributed by atoms with Gasteiger partial charge in [0.15, 0.2) is 8.32 Å². The zero-order valence-electron chi connectivity index (χ0n) is 20.9. The lowest BCUT2D eigenvalue weighted by Crippen LogP contribution is -2.60. The molecular weight excluding hydrogens is 508 g/mol. The van der Waals surface area contributed by atoms with E-state index in [4.69, 9.17) is 14.9 Å². The van der Waals surface area contributed by atoms with Crippen LogP contribution in [0.3, 0.4) is 0 Å². The predicted octanol–water partition coefficient (Wildman–Crippen LogP) is 2.37. The molecular formula is C22H32N4O8SSi. The highest BCUT2D eigenvalue weighted by Crippen LogP contribution is 2.38. The summed E-state index contributed by atoms with van der Waals surface area (Å²) in [4.78, 5) is 60.2. The number of thioether (sulfide) groups is 1. The van der Waals surface area contributed by atoms with E-state index in [0.29, 0.717) is 10.5 Å². The number of β-lactam (4-membered cyclic amide) rings is 1. The summed E-state index contributed by atoms with van der Waals surface area (Å²) in [5.41, 5.74) is 5.72. The zero-order valence-corrected chi connectivity index (χ0v) is 22.8. The van der Waals surface area contributed by atoms with Crippen LogP contribution < -0.4 is 11.1 Å². The van der Waals surface area contributed by atoms with Gasteiger partial charge in [0.05, 0.1) is 22.8 Å². The van der Waals surface area contributed by atoms with Gasteiger partial charge >= 0.3 is 6.09 Å². The number of non-ortho nitro benzene ring substituents is 1.